The third-order valence-electron chi connectivity index (χ3n) is 1.94. The van der Waals surface area contributed by atoms with Crippen LogP contribution in [0.4, 0.5) is 0 Å². The monoisotopic (exact) mass is 157 g/mol. The second-order valence-electron chi connectivity index (χ2n) is 2.95. The number of rotatable bonds is 6. The highest BCUT2D eigenvalue weighted by Gasteiger charge is 2.09. The van der Waals surface area contributed by atoms with Crippen LogP contribution in [-0.4, -0.2) is 18.9 Å². The summed E-state index contributed by atoms with van der Waals surface area (Å²) in [5, 5.41) is 3.01. The number of likely N-dealkylation sites (N-methyl/N-ethyl adjacent to an activating group) is 1. The molecule has 2 heteroatoms. The zero-order valence-corrected chi connectivity index (χ0v) is 7.81. The van der Waals surface area contributed by atoms with Gasteiger partial charge in [-0.25, -0.2) is 0 Å². The molecule has 0 unspecified atom stereocenters. The predicted octanol–water partition coefficient (Wildman–Crippen LogP) is 1.74. The minimum atomic E-state index is 0.0848. The summed E-state index contributed by atoms with van der Waals surface area (Å²) in [6.07, 6.45) is 4.58. The lowest BCUT2D eigenvalue weighted by Crippen LogP contribution is -2.31. The standard InChI is InChI=1S/C9H19NO/c1-4-5-6-7-9(10-3)8(2)11/h9-10H,4-7H2,1-3H3/t9-/m0/s1. The van der Waals surface area contributed by atoms with Crippen molar-refractivity contribution in [3.8, 4) is 0 Å². The molecule has 0 heterocycles. The Morgan fingerprint density at radius 2 is 2.09 bits per heavy atom. The van der Waals surface area contributed by atoms with E-state index in [1.807, 2.05) is 7.05 Å². The molecule has 0 radical (unpaired) electrons. The quantitative estimate of drug-likeness (QED) is 0.595. The fraction of sp³-hybridized carbons (Fsp3) is 0.889. The van der Waals surface area contributed by atoms with E-state index < -0.39 is 0 Å². The van der Waals surface area contributed by atoms with E-state index in [2.05, 4.69) is 12.2 Å². The minimum absolute atomic E-state index is 0.0848. The fourth-order valence-electron chi connectivity index (χ4n) is 1.15. The molecule has 0 aromatic carbocycles. The molecule has 66 valence electrons. The number of nitrogens with one attached hydrogen (secondary N) is 1. The van der Waals surface area contributed by atoms with Crippen molar-refractivity contribution >= 4 is 5.78 Å². The lowest BCUT2D eigenvalue weighted by molar-refractivity contribution is -0.119. The number of unbranched alkanes of at least 4 members (excludes halogenated alkanes) is 2. The predicted molar refractivity (Wildman–Crippen MR) is 47.7 cm³/mol. The normalized spacial score (nSPS) is 13.0. The van der Waals surface area contributed by atoms with Crippen molar-refractivity contribution in [2.45, 2.75) is 45.6 Å². The second kappa shape index (κ2) is 6.35. The van der Waals surface area contributed by atoms with Crippen molar-refractivity contribution in [2.24, 2.45) is 0 Å². The summed E-state index contributed by atoms with van der Waals surface area (Å²) < 4.78 is 0. The van der Waals surface area contributed by atoms with Crippen molar-refractivity contribution in [1.82, 2.24) is 5.32 Å². The van der Waals surface area contributed by atoms with Crippen molar-refractivity contribution in [3.05, 3.63) is 0 Å². The molecule has 0 fully saturated rings. The van der Waals surface area contributed by atoms with Crippen LogP contribution < -0.4 is 5.32 Å². The average Bonchev–Trinajstić information content (AvgIpc) is 1.97. The topological polar surface area (TPSA) is 29.1 Å². The Labute approximate surface area is 69.4 Å². The number of Topliss-reactive ketones (excluding diaryl/α,β-unsaturated/α-hetero) is 1. The van der Waals surface area contributed by atoms with E-state index in [-0.39, 0.29) is 11.8 Å². The van der Waals surface area contributed by atoms with Crippen LogP contribution in [0.25, 0.3) is 0 Å². The minimum Gasteiger partial charge on any atom is -0.311 e. The summed E-state index contributed by atoms with van der Waals surface area (Å²) in [6, 6.07) is 0.0848. The van der Waals surface area contributed by atoms with E-state index in [9.17, 15) is 4.79 Å². The molecule has 0 saturated carbocycles. The molecule has 0 aliphatic rings. The molecule has 0 rings (SSSR count). The van der Waals surface area contributed by atoms with Crippen LogP contribution in [0, 0.1) is 0 Å². The van der Waals surface area contributed by atoms with Gasteiger partial charge in [0.15, 0.2) is 0 Å². The molecule has 0 aliphatic heterocycles. The van der Waals surface area contributed by atoms with Gasteiger partial charge in [0, 0.05) is 0 Å². The number of hydrogen-bond donors (Lipinski definition) is 1. The number of carbonyl (C=O) groups is 1. The maximum atomic E-state index is 10.9. The molecule has 0 bridgehead atoms. The Morgan fingerprint density at radius 3 is 2.45 bits per heavy atom. The zero-order chi connectivity index (χ0) is 8.69. The van der Waals surface area contributed by atoms with E-state index in [0.717, 1.165) is 12.8 Å². The van der Waals surface area contributed by atoms with Gasteiger partial charge in [0.05, 0.1) is 6.04 Å². The molecular weight excluding hydrogens is 138 g/mol. The lowest BCUT2D eigenvalue weighted by Gasteiger charge is -2.11. The maximum absolute atomic E-state index is 10.9. The highest BCUT2D eigenvalue weighted by Crippen LogP contribution is 2.03. The maximum Gasteiger partial charge on any atom is 0.146 e. The molecule has 0 aromatic rings. The van der Waals surface area contributed by atoms with Gasteiger partial charge in [-0.15, -0.1) is 0 Å². The molecular formula is C9H19NO. The van der Waals surface area contributed by atoms with Gasteiger partial charge >= 0.3 is 0 Å². The molecule has 2 nitrogen and oxygen atoms in total. The van der Waals surface area contributed by atoms with Crippen molar-refractivity contribution in [3.63, 3.8) is 0 Å². The van der Waals surface area contributed by atoms with Crippen LogP contribution in [-0.2, 0) is 4.79 Å². The van der Waals surface area contributed by atoms with Crippen molar-refractivity contribution in [1.29, 1.82) is 0 Å². The summed E-state index contributed by atoms with van der Waals surface area (Å²) in [7, 11) is 1.85. The summed E-state index contributed by atoms with van der Waals surface area (Å²) in [5.41, 5.74) is 0. The molecule has 0 spiro atoms. The Hall–Kier alpha value is -0.370. The van der Waals surface area contributed by atoms with Gasteiger partial charge in [-0.2, -0.15) is 0 Å². The first kappa shape index (κ1) is 10.6. The van der Waals surface area contributed by atoms with E-state index in [1.165, 1.54) is 12.8 Å². The van der Waals surface area contributed by atoms with Gasteiger partial charge in [0.25, 0.3) is 0 Å². The van der Waals surface area contributed by atoms with Gasteiger partial charge in [-0.1, -0.05) is 26.2 Å². The van der Waals surface area contributed by atoms with Crippen LogP contribution in [0.15, 0.2) is 0 Å². The van der Waals surface area contributed by atoms with Crippen molar-refractivity contribution < 1.29 is 4.79 Å². The van der Waals surface area contributed by atoms with Gasteiger partial charge in [0.1, 0.15) is 5.78 Å². The number of carbonyl (C=O) groups excluding carboxylic acids is 1. The van der Waals surface area contributed by atoms with E-state index >= 15 is 0 Å². The SMILES string of the molecule is CCCCC[C@H](NC)C(C)=O. The van der Waals surface area contributed by atoms with Gasteiger partial charge in [-0.05, 0) is 20.4 Å². The van der Waals surface area contributed by atoms with E-state index in [1.54, 1.807) is 6.92 Å². The zero-order valence-electron chi connectivity index (χ0n) is 7.81. The summed E-state index contributed by atoms with van der Waals surface area (Å²) >= 11 is 0. The largest absolute Gasteiger partial charge is 0.311 e. The molecule has 1 N–H and O–H groups in total. The Balaban J connectivity index is 3.44. The third-order valence-corrected chi connectivity index (χ3v) is 1.94. The number of hydrogen-bond acceptors (Lipinski definition) is 2. The van der Waals surface area contributed by atoms with Crippen LogP contribution in [0.5, 0.6) is 0 Å². The molecule has 0 saturated heterocycles. The molecule has 1 atom stereocenters. The number of ketones is 1. The van der Waals surface area contributed by atoms with Crippen molar-refractivity contribution in [2.75, 3.05) is 7.05 Å². The molecule has 0 aromatic heterocycles. The van der Waals surface area contributed by atoms with E-state index in [4.69, 9.17) is 0 Å². The lowest BCUT2D eigenvalue weighted by atomic mass is 10.1. The van der Waals surface area contributed by atoms with Gasteiger partial charge in [0.2, 0.25) is 0 Å². The smallest absolute Gasteiger partial charge is 0.146 e. The molecule has 0 aliphatic carbocycles. The van der Waals surface area contributed by atoms with Gasteiger partial charge in [-0.3, -0.25) is 4.79 Å². The summed E-state index contributed by atoms with van der Waals surface area (Å²) in [4.78, 5) is 10.9. The average molecular weight is 157 g/mol. The van der Waals surface area contributed by atoms with Crippen LogP contribution in [0.3, 0.4) is 0 Å². The first-order valence-corrected chi connectivity index (χ1v) is 4.40. The highest BCUT2D eigenvalue weighted by molar-refractivity contribution is 5.81. The Bertz CT molecular complexity index is 112. The highest BCUT2D eigenvalue weighted by atomic mass is 16.1. The van der Waals surface area contributed by atoms with Crippen LogP contribution in [0.2, 0.25) is 0 Å². The summed E-state index contributed by atoms with van der Waals surface area (Å²) in [5.74, 6) is 0.253. The molecule has 11 heavy (non-hydrogen) atoms. The summed E-state index contributed by atoms with van der Waals surface area (Å²) in [6.45, 7) is 3.81. The first-order valence-electron chi connectivity index (χ1n) is 4.40. The second-order valence-corrected chi connectivity index (χ2v) is 2.95. The molecule has 0 amide bonds. The Morgan fingerprint density at radius 1 is 1.45 bits per heavy atom. The Kier molecular flexibility index (Phi) is 6.13. The third kappa shape index (κ3) is 4.96. The van der Waals surface area contributed by atoms with Gasteiger partial charge < -0.3 is 5.32 Å². The van der Waals surface area contributed by atoms with E-state index in [0.29, 0.717) is 0 Å². The fourth-order valence-corrected chi connectivity index (χ4v) is 1.15. The first-order chi connectivity index (χ1) is 5.22. The van der Waals surface area contributed by atoms with Crippen LogP contribution >= 0.6 is 0 Å². The van der Waals surface area contributed by atoms with Crippen LogP contribution in [0.1, 0.15) is 39.5 Å².